The van der Waals surface area contributed by atoms with Crippen LogP contribution in [0.2, 0.25) is 0 Å². The first kappa shape index (κ1) is 12.3. The topological polar surface area (TPSA) is 79.5 Å². The molecular weight excluding hydrogens is 232 g/mol. The fourth-order valence-electron chi connectivity index (χ4n) is 1.88. The van der Waals surface area contributed by atoms with Crippen molar-refractivity contribution < 1.29 is 9.59 Å². The Balaban J connectivity index is 2.04. The molecule has 6 heteroatoms. The minimum Gasteiger partial charge on any atom is -0.384 e. The number of rotatable bonds is 3. The summed E-state index contributed by atoms with van der Waals surface area (Å²) in [6.45, 7) is 3.14. The molecule has 0 spiro atoms. The Morgan fingerprint density at radius 3 is 2.50 bits per heavy atom. The second-order valence-electron chi connectivity index (χ2n) is 4.25. The van der Waals surface area contributed by atoms with Gasteiger partial charge in [0.15, 0.2) is 0 Å². The number of nitrogens with two attached hydrogens (primary N) is 1. The monoisotopic (exact) mass is 248 g/mol. The number of likely N-dealkylation sites (N-methyl/N-ethyl adjacent to an activating group) is 1. The van der Waals surface area contributed by atoms with Crippen LogP contribution in [0.15, 0.2) is 18.3 Å². The van der Waals surface area contributed by atoms with E-state index in [-0.39, 0.29) is 24.9 Å². The molecule has 0 aliphatic carbocycles. The van der Waals surface area contributed by atoms with Gasteiger partial charge in [-0.1, -0.05) is 6.07 Å². The fourth-order valence-corrected chi connectivity index (χ4v) is 1.88. The van der Waals surface area contributed by atoms with Gasteiger partial charge >= 0.3 is 0 Å². The van der Waals surface area contributed by atoms with Crippen LogP contribution in [0.5, 0.6) is 0 Å². The number of nitrogens with zero attached hydrogens (tertiary/aromatic N) is 3. The second kappa shape index (κ2) is 5.03. The molecule has 1 fully saturated rings. The molecule has 0 saturated carbocycles. The van der Waals surface area contributed by atoms with Gasteiger partial charge in [0.2, 0.25) is 11.8 Å². The van der Waals surface area contributed by atoms with E-state index in [4.69, 9.17) is 5.73 Å². The van der Waals surface area contributed by atoms with E-state index in [0.29, 0.717) is 18.9 Å². The first-order chi connectivity index (χ1) is 8.60. The maximum absolute atomic E-state index is 11.9. The molecule has 0 aromatic carbocycles. The number of nitrogen functional groups attached to an aromatic ring is 1. The lowest BCUT2D eigenvalue weighted by atomic mass is 10.2. The zero-order chi connectivity index (χ0) is 13.1. The molecule has 1 saturated heterocycles. The summed E-state index contributed by atoms with van der Waals surface area (Å²) in [5.41, 5.74) is 6.36. The zero-order valence-corrected chi connectivity index (χ0v) is 10.3. The Morgan fingerprint density at radius 2 is 1.89 bits per heavy atom. The first-order valence-corrected chi connectivity index (χ1v) is 5.86. The molecule has 18 heavy (non-hydrogen) atoms. The van der Waals surface area contributed by atoms with Crippen LogP contribution >= 0.6 is 0 Å². The van der Waals surface area contributed by atoms with Crippen molar-refractivity contribution in [3.63, 3.8) is 0 Å². The summed E-state index contributed by atoms with van der Waals surface area (Å²) in [6.07, 6.45) is 1.62. The second-order valence-corrected chi connectivity index (χ2v) is 4.25. The number of hydrogen-bond donors (Lipinski definition) is 1. The van der Waals surface area contributed by atoms with Crippen molar-refractivity contribution in [1.29, 1.82) is 0 Å². The van der Waals surface area contributed by atoms with Gasteiger partial charge in [-0.3, -0.25) is 9.59 Å². The van der Waals surface area contributed by atoms with Crippen LogP contribution < -0.4 is 5.73 Å². The Labute approximate surface area is 105 Å². The van der Waals surface area contributed by atoms with Crippen LogP contribution in [0.3, 0.4) is 0 Å². The molecule has 0 radical (unpaired) electrons. The third-order valence-corrected chi connectivity index (χ3v) is 2.96. The number of anilines is 1. The van der Waals surface area contributed by atoms with Crippen molar-refractivity contribution in [3.8, 4) is 0 Å². The third kappa shape index (κ3) is 2.58. The molecule has 2 N–H and O–H groups in total. The minimum atomic E-state index is -0.0340. The number of amides is 2. The van der Waals surface area contributed by atoms with Crippen molar-refractivity contribution in [1.82, 2.24) is 14.8 Å². The van der Waals surface area contributed by atoms with Gasteiger partial charge in [-0.25, -0.2) is 4.98 Å². The summed E-state index contributed by atoms with van der Waals surface area (Å²) >= 11 is 0. The fraction of sp³-hybridized carbons (Fsp3) is 0.417. The number of carbonyl (C=O) groups is 2. The van der Waals surface area contributed by atoms with Crippen molar-refractivity contribution >= 4 is 17.6 Å². The maximum Gasteiger partial charge on any atom is 0.242 e. The van der Waals surface area contributed by atoms with Crippen molar-refractivity contribution in [3.05, 3.63) is 23.9 Å². The highest BCUT2D eigenvalue weighted by Crippen LogP contribution is 2.10. The van der Waals surface area contributed by atoms with Crippen LogP contribution in [-0.2, 0) is 16.1 Å². The van der Waals surface area contributed by atoms with Crippen molar-refractivity contribution in [2.24, 2.45) is 0 Å². The van der Waals surface area contributed by atoms with Gasteiger partial charge in [0, 0.05) is 19.3 Å². The predicted octanol–water partition coefficient (Wildman–Crippen LogP) is -0.146. The van der Waals surface area contributed by atoms with E-state index in [1.807, 2.05) is 13.0 Å². The molecular formula is C12H16N4O2. The summed E-state index contributed by atoms with van der Waals surface area (Å²) < 4.78 is 0. The van der Waals surface area contributed by atoms with E-state index < -0.39 is 0 Å². The number of carbonyl (C=O) groups excluding carboxylic acids is 2. The van der Waals surface area contributed by atoms with Crippen LogP contribution in [0.25, 0.3) is 0 Å². The Morgan fingerprint density at radius 1 is 1.22 bits per heavy atom. The average molecular weight is 248 g/mol. The Kier molecular flexibility index (Phi) is 3.45. The van der Waals surface area contributed by atoms with Gasteiger partial charge < -0.3 is 15.5 Å². The lowest BCUT2D eigenvalue weighted by Crippen LogP contribution is -2.53. The van der Waals surface area contributed by atoms with Gasteiger partial charge in [-0.15, -0.1) is 0 Å². The van der Waals surface area contributed by atoms with Gasteiger partial charge in [-0.05, 0) is 18.6 Å². The summed E-state index contributed by atoms with van der Waals surface area (Å²) in [6, 6.07) is 3.50. The smallest absolute Gasteiger partial charge is 0.242 e. The van der Waals surface area contributed by atoms with Crippen LogP contribution in [0.1, 0.15) is 12.5 Å². The van der Waals surface area contributed by atoms with Gasteiger partial charge in [0.25, 0.3) is 0 Å². The summed E-state index contributed by atoms with van der Waals surface area (Å²) in [7, 11) is 0. The molecule has 1 aromatic rings. The molecule has 96 valence electrons. The standard InChI is InChI=1S/C12H16N4O2/c1-2-15-7-12(18)16(8-11(15)17)6-9-3-4-10(13)14-5-9/h3-5H,2,6-8H2,1H3,(H2,13,14). The molecule has 6 nitrogen and oxygen atoms in total. The van der Waals surface area contributed by atoms with E-state index in [1.54, 1.807) is 22.1 Å². The molecule has 1 aliphatic rings. The normalized spacial score (nSPS) is 16.3. The molecule has 2 rings (SSSR count). The minimum absolute atomic E-state index is 0.0134. The highest BCUT2D eigenvalue weighted by atomic mass is 16.2. The van der Waals surface area contributed by atoms with Crippen molar-refractivity contribution in [2.75, 3.05) is 25.4 Å². The van der Waals surface area contributed by atoms with E-state index in [0.717, 1.165) is 5.56 Å². The first-order valence-electron chi connectivity index (χ1n) is 5.86. The molecule has 2 heterocycles. The van der Waals surface area contributed by atoms with E-state index in [9.17, 15) is 9.59 Å². The summed E-state index contributed by atoms with van der Waals surface area (Å²) in [4.78, 5) is 30.7. The number of piperazine rings is 1. The summed E-state index contributed by atoms with van der Waals surface area (Å²) in [5.74, 6) is 0.394. The highest BCUT2D eigenvalue weighted by Gasteiger charge is 2.28. The lowest BCUT2D eigenvalue weighted by Gasteiger charge is -2.33. The number of hydrogen-bond acceptors (Lipinski definition) is 4. The third-order valence-electron chi connectivity index (χ3n) is 2.96. The quantitative estimate of drug-likeness (QED) is 0.807. The number of aromatic nitrogens is 1. The maximum atomic E-state index is 11.9. The lowest BCUT2D eigenvalue weighted by molar-refractivity contribution is -0.150. The Hall–Kier alpha value is -2.11. The molecule has 0 bridgehead atoms. The average Bonchev–Trinajstić information content (AvgIpc) is 2.36. The Bertz CT molecular complexity index is 458. The van der Waals surface area contributed by atoms with E-state index >= 15 is 0 Å². The van der Waals surface area contributed by atoms with Gasteiger partial charge in [-0.2, -0.15) is 0 Å². The van der Waals surface area contributed by atoms with Gasteiger partial charge in [0.05, 0.1) is 6.54 Å². The zero-order valence-electron chi connectivity index (χ0n) is 10.3. The largest absolute Gasteiger partial charge is 0.384 e. The van der Waals surface area contributed by atoms with Crippen LogP contribution in [-0.4, -0.2) is 46.2 Å². The van der Waals surface area contributed by atoms with Crippen molar-refractivity contribution in [2.45, 2.75) is 13.5 Å². The SMILES string of the molecule is CCN1CC(=O)N(Cc2ccc(N)nc2)CC1=O. The highest BCUT2D eigenvalue weighted by molar-refractivity contribution is 5.92. The van der Waals surface area contributed by atoms with Crippen LogP contribution in [0.4, 0.5) is 5.82 Å². The molecule has 1 aliphatic heterocycles. The van der Waals surface area contributed by atoms with Gasteiger partial charge in [0.1, 0.15) is 12.4 Å². The van der Waals surface area contributed by atoms with E-state index in [2.05, 4.69) is 4.98 Å². The molecule has 0 unspecified atom stereocenters. The summed E-state index contributed by atoms with van der Waals surface area (Å²) in [5, 5.41) is 0. The predicted molar refractivity (Wildman–Crippen MR) is 66.3 cm³/mol. The van der Waals surface area contributed by atoms with Crippen LogP contribution in [0, 0.1) is 0 Å². The molecule has 1 aromatic heterocycles. The number of pyridine rings is 1. The van der Waals surface area contributed by atoms with E-state index in [1.165, 1.54) is 0 Å². The molecule has 0 atom stereocenters. The molecule has 2 amide bonds.